The van der Waals surface area contributed by atoms with E-state index in [0.29, 0.717) is 6.04 Å². The highest BCUT2D eigenvalue weighted by Crippen LogP contribution is 2.25. The molecule has 2 rings (SSSR count). The van der Waals surface area contributed by atoms with Crippen molar-refractivity contribution in [2.75, 3.05) is 40.0 Å². The molecule has 110 valence electrons. The zero-order valence-corrected chi connectivity index (χ0v) is 12.1. The Labute approximate surface area is 115 Å². The predicted octanol–water partition coefficient (Wildman–Crippen LogP) is 0.783. The first-order valence-corrected chi connectivity index (χ1v) is 7.30. The minimum absolute atomic E-state index is 0.148. The Morgan fingerprint density at radius 2 is 2.21 bits per heavy atom. The Bertz CT molecular complexity index is 299. The van der Waals surface area contributed by atoms with E-state index in [-0.39, 0.29) is 5.97 Å². The van der Waals surface area contributed by atoms with E-state index in [1.54, 1.807) is 0 Å². The number of hydrogen-bond acceptors (Lipinski definition) is 5. The zero-order chi connectivity index (χ0) is 13.7. The first-order valence-electron chi connectivity index (χ1n) is 7.30. The van der Waals surface area contributed by atoms with Gasteiger partial charge in [0, 0.05) is 32.3 Å². The summed E-state index contributed by atoms with van der Waals surface area (Å²) < 4.78 is 10.4. The van der Waals surface area contributed by atoms with Crippen molar-refractivity contribution in [1.29, 1.82) is 0 Å². The van der Waals surface area contributed by atoms with E-state index in [1.165, 1.54) is 20.0 Å². The fourth-order valence-electron chi connectivity index (χ4n) is 2.54. The van der Waals surface area contributed by atoms with Gasteiger partial charge in [-0.05, 0) is 32.6 Å². The summed E-state index contributed by atoms with van der Waals surface area (Å²) in [6.45, 7) is 6.54. The summed E-state index contributed by atoms with van der Waals surface area (Å²) in [5, 5.41) is 3.44. The summed E-state index contributed by atoms with van der Waals surface area (Å²) in [5.74, 6) is -0.148. The van der Waals surface area contributed by atoms with Gasteiger partial charge in [0.15, 0.2) is 0 Å². The highest BCUT2D eigenvalue weighted by atomic mass is 16.5. The summed E-state index contributed by atoms with van der Waals surface area (Å²) in [4.78, 5) is 14.4. The quantitative estimate of drug-likeness (QED) is 0.723. The van der Waals surface area contributed by atoms with Crippen LogP contribution < -0.4 is 5.32 Å². The monoisotopic (exact) mass is 270 g/mol. The number of ether oxygens (including phenoxy) is 2. The molecule has 0 aromatic heterocycles. The number of nitrogens with zero attached hydrogens (tertiary/aromatic N) is 1. The molecule has 19 heavy (non-hydrogen) atoms. The molecular weight excluding hydrogens is 244 g/mol. The van der Waals surface area contributed by atoms with Gasteiger partial charge in [-0.3, -0.25) is 10.1 Å². The van der Waals surface area contributed by atoms with E-state index >= 15 is 0 Å². The lowest BCUT2D eigenvalue weighted by Crippen LogP contribution is -2.53. The summed E-state index contributed by atoms with van der Waals surface area (Å²) >= 11 is 0. The van der Waals surface area contributed by atoms with Gasteiger partial charge >= 0.3 is 5.97 Å². The van der Waals surface area contributed by atoms with Crippen molar-refractivity contribution in [3.05, 3.63) is 0 Å². The molecule has 5 heteroatoms. The summed E-state index contributed by atoms with van der Waals surface area (Å²) in [7, 11) is 1.47. The van der Waals surface area contributed by atoms with Crippen LogP contribution >= 0.6 is 0 Å². The highest BCUT2D eigenvalue weighted by molar-refractivity contribution is 5.80. The van der Waals surface area contributed by atoms with Gasteiger partial charge in [-0.2, -0.15) is 0 Å². The first kappa shape index (κ1) is 14.8. The van der Waals surface area contributed by atoms with E-state index in [2.05, 4.69) is 10.2 Å². The SMILES string of the molecule is COC(=O)C(C)(CCN1CCCOCC1)NC1CC1. The topological polar surface area (TPSA) is 50.8 Å². The number of carbonyl (C=O) groups is 1. The van der Waals surface area contributed by atoms with Crippen LogP contribution in [0.2, 0.25) is 0 Å². The molecule has 5 nitrogen and oxygen atoms in total. The van der Waals surface area contributed by atoms with Crippen LogP contribution in [0, 0.1) is 0 Å². The Balaban J connectivity index is 1.85. The second-order valence-electron chi connectivity index (χ2n) is 5.80. The van der Waals surface area contributed by atoms with Crippen LogP contribution in [0.4, 0.5) is 0 Å². The highest BCUT2D eigenvalue weighted by Gasteiger charge is 2.39. The van der Waals surface area contributed by atoms with E-state index in [0.717, 1.165) is 45.7 Å². The van der Waals surface area contributed by atoms with Crippen molar-refractivity contribution < 1.29 is 14.3 Å². The van der Waals surface area contributed by atoms with Gasteiger partial charge in [0.05, 0.1) is 13.7 Å². The van der Waals surface area contributed by atoms with Crippen molar-refractivity contribution in [3.63, 3.8) is 0 Å². The van der Waals surface area contributed by atoms with Crippen molar-refractivity contribution in [1.82, 2.24) is 10.2 Å². The Kier molecular flexibility index (Phi) is 5.19. The third kappa shape index (κ3) is 4.44. The van der Waals surface area contributed by atoms with Gasteiger partial charge in [-0.25, -0.2) is 0 Å². The third-order valence-electron chi connectivity index (χ3n) is 3.98. The van der Waals surface area contributed by atoms with Crippen LogP contribution in [0.25, 0.3) is 0 Å². The molecule has 1 N–H and O–H groups in total. The second-order valence-corrected chi connectivity index (χ2v) is 5.80. The summed E-state index contributed by atoms with van der Waals surface area (Å²) in [5.41, 5.74) is -0.553. The fraction of sp³-hybridized carbons (Fsp3) is 0.929. The van der Waals surface area contributed by atoms with Crippen molar-refractivity contribution in [2.45, 2.75) is 44.2 Å². The lowest BCUT2D eigenvalue weighted by atomic mass is 9.97. The van der Waals surface area contributed by atoms with Gasteiger partial charge in [0.1, 0.15) is 5.54 Å². The van der Waals surface area contributed by atoms with Gasteiger partial charge in [0.25, 0.3) is 0 Å². The molecule has 0 aromatic rings. The van der Waals surface area contributed by atoms with Crippen LogP contribution in [0.1, 0.15) is 32.6 Å². The number of hydrogen-bond donors (Lipinski definition) is 1. The number of rotatable bonds is 6. The number of methoxy groups -OCH3 is 1. The van der Waals surface area contributed by atoms with Crippen LogP contribution in [-0.4, -0.2) is 62.4 Å². The van der Waals surface area contributed by atoms with Crippen LogP contribution in [0.5, 0.6) is 0 Å². The lowest BCUT2D eigenvalue weighted by Gasteiger charge is -2.31. The maximum Gasteiger partial charge on any atom is 0.325 e. The van der Waals surface area contributed by atoms with E-state index < -0.39 is 5.54 Å². The average molecular weight is 270 g/mol. The molecule has 1 unspecified atom stereocenters. The maximum atomic E-state index is 12.0. The average Bonchev–Trinajstić information content (AvgIpc) is 3.22. The van der Waals surface area contributed by atoms with Crippen LogP contribution in [-0.2, 0) is 14.3 Å². The molecule has 1 saturated heterocycles. The Morgan fingerprint density at radius 1 is 1.42 bits per heavy atom. The molecule has 1 saturated carbocycles. The minimum Gasteiger partial charge on any atom is -0.468 e. The molecule has 0 amide bonds. The normalized spacial score (nSPS) is 24.5. The number of nitrogens with one attached hydrogen (secondary N) is 1. The van der Waals surface area contributed by atoms with E-state index in [9.17, 15) is 4.79 Å². The molecule has 1 heterocycles. The molecule has 0 bridgehead atoms. The van der Waals surface area contributed by atoms with E-state index in [1.807, 2.05) is 6.92 Å². The first-order chi connectivity index (χ1) is 9.14. The molecule has 0 radical (unpaired) electrons. The van der Waals surface area contributed by atoms with Crippen LogP contribution in [0.3, 0.4) is 0 Å². The molecule has 2 aliphatic rings. The Hall–Kier alpha value is -0.650. The molecule has 1 atom stereocenters. The molecular formula is C14H26N2O3. The van der Waals surface area contributed by atoms with Gasteiger partial charge in [0.2, 0.25) is 0 Å². The summed E-state index contributed by atoms with van der Waals surface area (Å²) in [6, 6.07) is 0.497. The molecule has 0 spiro atoms. The number of carbonyl (C=O) groups excluding carboxylic acids is 1. The van der Waals surface area contributed by atoms with Crippen molar-refractivity contribution in [2.24, 2.45) is 0 Å². The zero-order valence-electron chi connectivity index (χ0n) is 12.1. The largest absolute Gasteiger partial charge is 0.468 e. The van der Waals surface area contributed by atoms with Gasteiger partial charge in [-0.15, -0.1) is 0 Å². The molecule has 1 aliphatic heterocycles. The van der Waals surface area contributed by atoms with Gasteiger partial charge in [-0.1, -0.05) is 0 Å². The van der Waals surface area contributed by atoms with E-state index in [4.69, 9.17) is 9.47 Å². The maximum absolute atomic E-state index is 12.0. The van der Waals surface area contributed by atoms with Crippen molar-refractivity contribution in [3.8, 4) is 0 Å². The smallest absolute Gasteiger partial charge is 0.325 e. The number of esters is 1. The lowest BCUT2D eigenvalue weighted by molar-refractivity contribution is -0.148. The standard InChI is InChI=1S/C14H26N2O3/c1-14(13(17)18-2,15-12-4-5-12)6-8-16-7-3-10-19-11-9-16/h12,15H,3-11H2,1-2H3. The second kappa shape index (κ2) is 6.68. The minimum atomic E-state index is -0.553. The molecule has 2 fully saturated rings. The third-order valence-corrected chi connectivity index (χ3v) is 3.98. The summed E-state index contributed by atoms with van der Waals surface area (Å²) in [6.07, 6.45) is 4.20. The fourth-order valence-corrected chi connectivity index (χ4v) is 2.54. The Morgan fingerprint density at radius 3 is 2.89 bits per heavy atom. The van der Waals surface area contributed by atoms with Crippen molar-refractivity contribution >= 4 is 5.97 Å². The molecule has 1 aliphatic carbocycles. The van der Waals surface area contributed by atoms with Crippen LogP contribution in [0.15, 0.2) is 0 Å². The predicted molar refractivity (Wildman–Crippen MR) is 73.1 cm³/mol. The van der Waals surface area contributed by atoms with Gasteiger partial charge < -0.3 is 14.4 Å². The molecule has 0 aromatic carbocycles.